The van der Waals surface area contributed by atoms with Crippen LogP contribution in [-0.2, 0) is 16.6 Å². The minimum atomic E-state index is -3.50. The van der Waals surface area contributed by atoms with Crippen LogP contribution in [-0.4, -0.2) is 32.3 Å². The molecule has 21 heavy (non-hydrogen) atoms. The largest absolute Gasteiger partial charge is 0.492 e. The third-order valence-electron chi connectivity index (χ3n) is 2.86. The molecule has 0 amide bonds. The molecule has 0 saturated heterocycles. The Morgan fingerprint density at radius 2 is 1.95 bits per heavy atom. The van der Waals surface area contributed by atoms with Gasteiger partial charge >= 0.3 is 0 Å². The minimum Gasteiger partial charge on any atom is -0.492 e. The first-order chi connectivity index (χ1) is 10.0. The van der Waals surface area contributed by atoms with E-state index < -0.39 is 10.0 Å². The number of hydrogen-bond donors (Lipinski definition) is 0. The van der Waals surface area contributed by atoms with Crippen LogP contribution < -0.4 is 4.74 Å². The van der Waals surface area contributed by atoms with Crippen molar-refractivity contribution in [2.24, 2.45) is 0 Å². The summed E-state index contributed by atoms with van der Waals surface area (Å²) in [5, 5.41) is 3.87. The van der Waals surface area contributed by atoms with Gasteiger partial charge in [-0.2, -0.15) is 15.6 Å². The molecule has 0 fully saturated rings. The van der Waals surface area contributed by atoms with Gasteiger partial charge in [-0.3, -0.25) is 0 Å². The van der Waals surface area contributed by atoms with Gasteiger partial charge in [-0.1, -0.05) is 0 Å². The lowest BCUT2D eigenvalue weighted by atomic mass is 10.3. The van der Waals surface area contributed by atoms with Crippen LogP contribution in [0, 0.1) is 0 Å². The third-order valence-corrected chi connectivity index (χ3v) is 5.57. The summed E-state index contributed by atoms with van der Waals surface area (Å²) in [5.74, 6) is 0.999. The van der Waals surface area contributed by atoms with Crippen LogP contribution in [0.2, 0.25) is 0 Å². The summed E-state index contributed by atoms with van der Waals surface area (Å²) < 4.78 is 31.6. The maximum atomic E-state index is 12.5. The summed E-state index contributed by atoms with van der Waals surface area (Å²) in [6.07, 6.45) is 0. The first kappa shape index (κ1) is 16.3. The Kier molecular flexibility index (Phi) is 5.64. The predicted molar refractivity (Wildman–Crippen MR) is 85.6 cm³/mol. The molecule has 0 atom stereocenters. The molecule has 0 aliphatic rings. The van der Waals surface area contributed by atoms with Crippen LogP contribution in [0.15, 0.2) is 46.0 Å². The normalized spacial score (nSPS) is 11.8. The van der Waals surface area contributed by atoms with Crippen LogP contribution in [0.25, 0.3) is 0 Å². The van der Waals surface area contributed by atoms with Crippen molar-refractivity contribution in [1.82, 2.24) is 4.31 Å². The summed E-state index contributed by atoms with van der Waals surface area (Å²) in [5.41, 5.74) is 0.980. The predicted octanol–water partition coefficient (Wildman–Crippen LogP) is 3.19. The fourth-order valence-electron chi connectivity index (χ4n) is 1.77. The van der Waals surface area contributed by atoms with Crippen molar-refractivity contribution in [2.45, 2.75) is 11.4 Å². The van der Waals surface area contributed by atoms with E-state index in [-0.39, 0.29) is 4.90 Å². The number of rotatable bonds is 7. The van der Waals surface area contributed by atoms with E-state index in [0.717, 1.165) is 5.56 Å². The molecule has 7 heteroatoms. The van der Waals surface area contributed by atoms with Crippen molar-refractivity contribution in [1.29, 1.82) is 0 Å². The molecule has 1 heterocycles. The van der Waals surface area contributed by atoms with Gasteiger partial charge in [0.05, 0.1) is 10.8 Å². The number of sulfonamides is 1. The van der Waals surface area contributed by atoms with Crippen LogP contribution in [0.1, 0.15) is 5.56 Å². The average molecular weight is 346 g/mol. The summed E-state index contributed by atoms with van der Waals surface area (Å²) in [7, 11) is -1.92. The highest BCUT2D eigenvalue weighted by molar-refractivity contribution is 7.89. The molecule has 0 aliphatic carbocycles. The van der Waals surface area contributed by atoms with Gasteiger partial charge in [-0.15, -0.1) is 11.6 Å². The van der Waals surface area contributed by atoms with Gasteiger partial charge < -0.3 is 4.74 Å². The van der Waals surface area contributed by atoms with Crippen LogP contribution in [0.5, 0.6) is 5.75 Å². The van der Waals surface area contributed by atoms with E-state index in [0.29, 0.717) is 24.8 Å². The Hall–Kier alpha value is -1.08. The fraction of sp³-hybridized carbons (Fsp3) is 0.286. The number of hydrogen-bond acceptors (Lipinski definition) is 4. The van der Waals surface area contributed by atoms with E-state index in [2.05, 4.69) is 0 Å². The number of halogens is 1. The molecule has 114 valence electrons. The molecule has 0 bridgehead atoms. The summed E-state index contributed by atoms with van der Waals surface area (Å²) in [6.45, 7) is 0.752. The van der Waals surface area contributed by atoms with E-state index >= 15 is 0 Å². The number of benzene rings is 1. The van der Waals surface area contributed by atoms with Crippen molar-refractivity contribution in [3.8, 4) is 5.75 Å². The van der Waals surface area contributed by atoms with Gasteiger partial charge in [-0.05, 0) is 46.7 Å². The summed E-state index contributed by atoms with van der Waals surface area (Å²) in [6, 6.07) is 8.28. The molecule has 4 nitrogen and oxygen atoms in total. The van der Waals surface area contributed by atoms with E-state index in [4.69, 9.17) is 16.3 Å². The maximum absolute atomic E-state index is 12.5. The Morgan fingerprint density at radius 1 is 1.24 bits per heavy atom. The molecule has 0 unspecified atom stereocenters. The standard InChI is InChI=1S/C14H16ClNO3S2/c1-16(10-12-6-9-20-11-12)21(17,18)14-4-2-13(3-5-14)19-8-7-15/h2-6,9,11H,7-8,10H2,1H3. The first-order valence-electron chi connectivity index (χ1n) is 6.30. The fourth-order valence-corrected chi connectivity index (χ4v) is 3.66. The monoisotopic (exact) mass is 345 g/mol. The molecule has 2 rings (SSSR count). The van der Waals surface area contributed by atoms with Gasteiger partial charge in [0.2, 0.25) is 10.0 Å². The van der Waals surface area contributed by atoms with Crippen molar-refractivity contribution >= 4 is 33.0 Å². The topological polar surface area (TPSA) is 46.6 Å². The average Bonchev–Trinajstić information content (AvgIpc) is 2.98. The van der Waals surface area contributed by atoms with Crippen LogP contribution in [0.4, 0.5) is 0 Å². The summed E-state index contributed by atoms with van der Waals surface area (Å²) >= 11 is 7.09. The molecule has 0 saturated carbocycles. The second-order valence-corrected chi connectivity index (χ2v) is 7.60. The smallest absolute Gasteiger partial charge is 0.243 e. The highest BCUT2D eigenvalue weighted by Gasteiger charge is 2.20. The van der Waals surface area contributed by atoms with E-state index in [1.54, 1.807) is 42.6 Å². The Morgan fingerprint density at radius 3 is 2.52 bits per heavy atom. The zero-order valence-corrected chi connectivity index (χ0v) is 13.9. The molecular formula is C14H16ClNO3S2. The van der Waals surface area contributed by atoms with Crippen LogP contribution >= 0.6 is 22.9 Å². The molecule has 1 aromatic carbocycles. The lowest BCUT2D eigenvalue weighted by Gasteiger charge is -2.16. The quantitative estimate of drug-likeness (QED) is 0.724. The molecule has 0 N–H and O–H groups in total. The number of thiophene rings is 1. The van der Waals surface area contributed by atoms with E-state index in [1.807, 2.05) is 16.8 Å². The Labute approximate surface area is 134 Å². The molecule has 0 spiro atoms. The Balaban J connectivity index is 2.11. The number of ether oxygens (including phenoxy) is 1. The van der Waals surface area contributed by atoms with Gasteiger partial charge in [0.1, 0.15) is 12.4 Å². The highest BCUT2D eigenvalue weighted by atomic mass is 35.5. The maximum Gasteiger partial charge on any atom is 0.243 e. The zero-order chi connectivity index (χ0) is 15.3. The van der Waals surface area contributed by atoms with Gasteiger partial charge in [0.15, 0.2) is 0 Å². The number of nitrogens with zero attached hydrogens (tertiary/aromatic N) is 1. The SMILES string of the molecule is CN(Cc1ccsc1)S(=O)(=O)c1ccc(OCCCl)cc1. The molecule has 0 aliphatic heterocycles. The highest BCUT2D eigenvalue weighted by Crippen LogP contribution is 2.20. The van der Waals surface area contributed by atoms with Crippen molar-refractivity contribution in [3.63, 3.8) is 0 Å². The molecule has 1 aromatic heterocycles. The van der Waals surface area contributed by atoms with Gasteiger partial charge in [-0.25, -0.2) is 8.42 Å². The second kappa shape index (κ2) is 7.26. The van der Waals surface area contributed by atoms with E-state index in [1.165, 1.54) is 4.31 Å². The van der Waals surface area contributed by atoms with Gasteiger partial charge in [0, 0.05) is 13.6 Å². The lowest BCUT2D eigenvalue weighted by molar-refractivity contribution is 0.342. The molecular weight excluding hydrogens is 330 g/mol. The minimum absolute atomic E-state index is 0.249. The van der Waals surface area contributed by atoms with Crippen molar-refractivity contribution in [2.75, 3.05) is 19.5 Å². The summed E-state index contributed by atoms with van der Waals surface area (Å²) in [4.78, 5) is 0.249. The van der Waals surface area contributed by atoms with Gasteiger partial charge in [0.25, 0.3) is 0 Å². The zero-order valence-electron chi connectivity index (χ0n) is 11.5. The van der Waals surface area contributed by atoms with Crippen molar-refractivity contribution < 1.29 is 13.2 Å². The molecule has 2 aromatic rings. The van der Waals surface area contributed by atoms with Crippen molar-refractivity contribution in [3.05, 3.63) is 46.7 Å². The van der Waals surface area contributed by atoms with E-state index in [9.17, 15) is 8.42 Å². The third kappa shape index (κ3) is 4.20. The van der Waals surface area contributed by atoms with Crippen LogP contribution in [0.3, 0.4) is 0 Å². The lowest BCUT2D eigenvalue weighted by Crippen LogP contribution is -2.26. The number of alkyl halides is 1. The Bertz CT molecular complexity index is 654. The molecule has 0 radical (unpaired) electrons. The first-order valence-corrected chi connectivity index (χ1v) is 9.22. The second-order valence-electron chi connectivity index (χ2n) is 4.40.